The molecule has 0 aliphatic rings. The van der Waals surface area contributed by atoms with E-state index in [0.717, 1.165) is 17.1 Å². The zero-order chi connectivity index (χ0) is 14.7. The molecule has 0 fully saturated rings. The molecular formula is C12H12N4O3S. The highest BCUT2D eigenvalue weighted by atomic mass is 32.1. The van der Waals surface area contributed by atoms with Gasteiger partial charge in [0, 0.05) is 24.0 Å². The first kappa shape index (κ1) is 13.9. The number of aromatic nitrogens is 2. The van der Waals surface area contributed by atoms with E-state index >= 15 is 0 Å². The predicted octanol–water partition coefficient (Wildman–Crippen LogP) is 1.61. The summed E-state index contributed by atoms with van der Waals surface area (Å²) in [6.45, 7) is 3.09. The standard InChI is InChI=1S/C12H12N4O3S/c1-6-3-8(5-9(4-6)19-7(2)17)10(18)14-12-15-11(13)20-16-12/h3-5H,1-2H3,(H3,13,14,15,16,18). The monoisotopic (exact) mass is 292 g/mol. The zero-order valence-electron chi connectivity index (χ0n) is 10.8. The SMILES string of the molecule is CC(=O)Oc1cc(C)cc(C(=O)Nc2nsc(N)n2)c1. The van der Waals surface area contributed by atoms with E-state index < -0.39 is 11.9 Å². The van der Waals surface area contributed by atoms with Crippen molar-refractivity contribution < 1.29 is 14.3 Å². The second-order valence-electron chi connectivity index (χ2n) is 4.04. The highest BCUT2D eigenvalue weighted by molar-refractivity contribution is 7.09. The number of carbonyl (C=O) groups excluding carboxylic acids is 2. The van der Waals surface area contributed by atoms with Crippen LogP contribution in [0.5, 0.6) is 5.75 Å². The van der Waals surface area contributed by atoms with Crippen LogP contribution in [0, 0.1) is 6.92 Å². The Morgan fingerprint density at radius 1 is 1.35 bits per heavy atom. The molecule has 1 amide bonds. The molecule has 0 spiro atoms. The number of amides is 1. The minimum Gasteiger partial charge on any atom is -0.427 e. The van der Waals surface area contributed by atoms with Crippen LogP contribution in [0.25, 0.3) is 0 Å². The smallest absolute Gasteiger partial charge is 0.308 e. The van der Waals surface area contributed by atoms with Crippen LogP contribution in [0.4, 0.5) is 11.1 Å². The van der Waals surface area contributed by atoms with Crippen LogP contribution in [-0.4, -0.2) is 21.2 Å². The maximum Gasteiger partial charge on any atom is 0.308 e. The molecule has 2 aromatic rings. The van der Waals surface area contributed by atoms with Crippen LogP contribution in [0.1, 0.15) is 22.8 Å². The summed E-state index contributed by atoms with van der Waals surface area (Å²) in [6, 6.07) is 4.80. The molecule has 0 aliphatic carbocycles. The normalized spacial score (nSPS) is 10.1. The Morgan fingerprint density at radius 2 is 2.10 bits per heavy atom. The van der Waals surface area contributed by atoms with Crippen molar-refractivity contribution in [2.75, 3.05) is 11.1 Å². The lowest BCUT2D eigenvalue weighted by Gasteiger charge is -2.06. The Hall–Kier alpha value is -2.48. The second-order valence-corrected chi connectivity index (χ2v) is 4.82. The minimum atomic E-state index is -0.448. The maximum atomic E-state index is 12.0. The molecule has 0 unspecified atom stereocenters. The molecule has 8 heteroatoms. The van der Waals surface area contributed by atoms with E-state index in [1.54, 1.807) is 19.1 Å². The lowest BCUT2D eigenvalue weighted by molar-refractivity contribution is -0.131. The first-order chi connectivity index (χ1) is 9.44. The van der Waals surface area contributed by atoms with E-state index in [1.165, 1.54) is 13.0 Å². The fourth-order valence-electron chi connectivity index (χ4n) is 1.56. The van der Waals surface area contributed by atoms with E-state index in [9.17, 15) is 9.59 Å². The molecule has 0 atom stereocenters. The number of aryl methyl sites for hydroxylation is 1. The van der Waals surface area contributed by atoms with E-state index in [1.807, 2.05) is 0 Å². The van der Waals surface area contributed by atoms with Gasteiger partial charge in [0.1, 0.15) is 5.75 Å². The molecule has 2 rings (SSSR count). The fourth-order valence-corrected chi connectivity index (χ4v) is 1.96. The summed E-state index contributed by atoms with van der Waals surface area (Å²) >= 11 is 0.989. The van der Waals surface area contributed by atoms with Gasteiger partial charge < -0.3 is 10.5 Å². The lowest BCUT2D eigenvalue weighted by atomic mass is 10.1. The highest BCUT2D eigenvalue weighted by Gasteiger charge is 2.12. The molecule has 1 heterocycles. The first-order valence-corrected chi connectivity index (χ1v) is 6.42. The molecule has 3 N–H and O–H groups in total. The molecule has 0 radical (unpaired) electrons. The van der Waals surface area contributed by atoms with E-state index in [2.05, 4.69) is 14.7 Å². The second kappa shape index (κ2) is 5.66. The van der Waals surface area contributed by atoms with Crippen LogP contribution in [0.2, 0.25) is 0 Å². The van der Waals surface area contributed by atoms with Crippen LogP contribution in [-0.2, 0) is 4.79 Å². The number of benzene rings is 1. The van der Waals surface area contributed by atoms with Crippen LogP contribution in [0.15, 0.2) is 18.2 Å². The van der Waals surface area contributed by atoms with Gasteiger partial charge in [-0.2, -0.15) is 9.36 Å². The van der Waals surface area contributed by atoms with E-state index in [-0.39, 0.29) is 11.1 Å². The Morgan fingerprint density at radius 3 is 2.70 bits per heavy atom. The molecule has 1 aromatic carbocycles. The Labute approximate surface area is 118 Å². The number of ether oxygens (including phenoxy) is 1. The number of nitrogen functional groups attached to an aromatic ring is 1. The molecular weight excluding hydrogens is 280 g/mol. The summed E-state index contributed by atoms with van der Waals surface area (Å²) in [4.78, 5) is 26.8. The van der Waals surface area contributed by atoms with Gasteiger partial charge in [0.15, 0.2) is 0 Å². The minimum absolute atomic E-state index is 0.146. The average Bonchev–Trinajstić information content (AvgIpc) is 2.73. The third kappa shape index (κ3) is 3.51. The van der Waals surface area contributed by atoms with Gasteiger partial charge in [-0.15, -0.1) is 0 Å². The van der Waals surface area contributed by atoms with Gasteiger partial charge in [-0.05, 0) is 30.7 Å². The summed E-state index contributed by atoms with van der Waals surface area (Å²) < 4.78 is 8.83. The number of rotatable bonds is 3. The maximum absolute atomic E-state index is 12.0. The number of nitrogens with two attached hydrogens (primary N) is 1. The average molecular weight is 292 g/mol. The van der Waals surface area contributed by atoms with Crippen molar-refractivity contribution in [1.82, 2.24) is 9.36 Å². The molecule has 0 aliphatic heterocycles. The summed E-state index contributed by atoms with van der Waals surface area (Å²) in [5.41, 5.74) is 6.57. The van der Waals surface area contributed by atoms with Gasteiger partial charge in [-0.25, -0.2) is 0 Å². The van der Waals surface area contributed by atoms with Gasteiger partial charge in [0.2, 0.25) is 11.1 Å². The van der Waals surface area contributed by atoms with Gasteiger partial charge in [0.25, 0.3) is 5.91 Å². The highest BCUT2D eigenvalue weighted by Crippen LogP contribution is 2.18. The van der Waals surface area contributed by atoms with Gasteiger partial charge in [-0.3, -0.25) is 14.9 Å². The fraction of sp³-hybridized carbons (Fsp3) is 0.167. The topological polar surface area (TPSA) is 107 Å². The number of carbonyl (C=O) groups is 2. The Kier molecular flexibility index (Phi) is 3.94. The third-order valence-corrected chi connectivity index (χ3v) is 2.78. The van der Waals surface area contributed by atoms with E-state index in [4.69, 9.17) is 10.5 Å². The van der Waals surface area contributed by atoms with Crippen molar-refractivity contribution in [2.24, 2.45) is 0 Å². The van der Waals surface area contributed by atoms with E-state index in [0.29, 0.717) is 11.3 Å². The van der Waals surface area contributed by atoms with Crippen LogP contribution in [0.3, 0.4) is 0 Å². The van der Waals surface area contributed by atoms with Gasteiger partial charge in [0.05, 0.1) is 0 Å². The molecule has 0 bridgehead atoms. The van der Waals surface area contributed by atoms with Crippen molar-refractivity contribution >= 4 is 34.5 Å². The van der Waals surface area contributed by atoms with Crippen molar-refractivity contribution in [3.05, 3.63) is 29.3 Å². The van der Waals surface area contributed by atoms with Crippen molar-refractivity contribution in [3.63, 3.8) is 0 Å². The van der Waals surface area contributed by atoms with Gasteiger partial charge >= 0.3 is 5.97 Å². The third-order valence-electron chi connectivity index (χ3n) is 2.24. The Balaban J connectivity index is 2.20. The zero-order valence-corrected chi connectivity index (χ0v) is 11.7. The molecule has 0 saturated carbocycles. The molecule has 0 saturated heterocycles. The lowest BCUT2D eigenvalue weighted by Crippen LogP contribution is -2.13. The Bertz CT molecular complexity index is 668. The van der Waals surface area contributed by atoms with Crippen molar-refractivity contribution in [3.8, 4) is 5.75 Å². The van der Waals surface area contributed by atoms with Crippen molar-refractivity contribution in [1.29, 1.82) is 0 Å². The number of esters is 1. The summed E-state index contributed by atoms with van der Waals surface area (Å²) in [6.07, 6.45) is 0. The molecule has 104 valence electrons. The number of nitrogens with one attached hydrogen (secondary N) is 1. The number of anilines is 2. The van der Waals surface area contributed by atoms with Crippen molar-refractivity contribution in [2.45, 2.75) is 13.8 Å². The summed E-state index contributed by atoms with van der Waals surface area (Å²) in [5.74, 6) is -0.391. The van der Waals surface area contributed by atoms with Crippen LogP contribution >= 0.6 is 11.5 Å². The first-order valence-electron chi connectivity index (χ1n) is 5.64. The predicted molar refractivity (Wildman–Crippen MR) is 74.8 cm³/mol. The molecule has 7 nitrogen and oxygen atoms in total. The molecule has 1 aromatic heterocycles. The molecule has 20 heavy (non-hydrogen) atoms. The number of hydrogen-bond acceptors (Lipinski definition) is 7. The quantitative estimate of drug-likeness (QED) is 0.657. The number of nitrogens with zero attached hydrogens (tertiary/aromatic N) is 2. The number of hydrogen-bond donors (Lipinski definition) is 2. The summed E-state index contributed by atoms with van der Waals surface area (Å²) in [7, 11) is 0. The van der Waals surface area contributed by atoms with Gasteiger partial charge in [-0.1, -0.05) is 0 Å². The summed E-state index contributed by atoms with van der Waals surface area (Å²) in [5, 5.41) is 2.78. The van der Waals surface area contributed by atoms with Crippen LogP contribution < -0.4 is 15.8 Å². The largest absolute Gasteiger partial charge is 0.427 e.